The Hall–Kier alpha value is -1.16. The Balaban J connectivity index is 3.36. The highest BCUT2D eigenvalue weighted by atomic mass is 28.3. The van der Waals surface area contributed by atoms with Crippen molar-refractivity contribution in [2.24, 2.45) is 0 Å². The quantitative estimate of drug-likeness (QED) is 0.801. The molecule has 0 saturated carbocycles. The maximum absolute atomic E-state index is 10.1. The van der Waals surface area contributed by atoms with Crippen molar-refractivity contribution in [3.63, 3.8) is 0 Å². The topological polar surface area (TPSA) is 38.7 Å². The first-order valence-corrected chi connectivity index (χ1v) is 8.36. The van der Waals surface area contributed by atoms with Gasteiger partial charge in [0.05, 0.1) is 22.3 Å². The van der Waals surface area contributed by atoms with Gasteiger partial charge in [0.25, 0.3) is 0 Å². The summed E-state index contributed by atoms with van der Waals surface area (Å²) in [5.41, 5.74) is 0. The van der Waals surface area contributed by atoms with Crippen LogP contribution in [0.25, 0.3) is 0 Å². The number of phenolic OH excluding ortho intramolecular Hbond substituents is 1. The molecule has 1 aromatic carbocycles. The third-order valence-corrected chi connectivity index (χ3v) is 4.35. The van der Waals surface area contributed by atoms with Crippen LogP contribution in [0.15, 0.2) is 12.1 Å². The fraction of sp³-hybridized carbons (Fsp3) is 0.455. The molecule has 0 aliphatic carbocycles. The van der Waals surface area contributed by atoms with Gasteiger partial charge in [-0.3, -0.25) is 0 Å². The van der Waals surface area contributed by atoms with Crippen LogP contribution in [0.4, 0.5) is 0 Å². The van der Waals surface area contributed by atoms with Crippen molar-refractivity contribution in [3.05, 3.63) is 12.1 Å². The van der Waals surface area contributed by atoms with Gasteiger partial charge in [-0.2, -0.15) is 0 Å². The van der Waals surface area contributed by atoms with Crippen LogP contribution in [0, 0.1) is 0 Å². The average Bonchev–Trinajstić information content (AvgIpc) is 2.15. The van der Waals surface area contributed by atoms with E-state index in [0.717, 1.165) is 5.19 Å². The highest BCUT2D eigenvalue weighted by molar-refractivity contribution is 6.89. The second kappa shape index (κ2) is 4.14. The number of hydrogen-bond donors (Lipinski definition) is 1. The predicted molar refractivity (Wildman–Crippen MR) is 64.2 cm³/mol. The molecule has 0 atom stereocenters. The molecule has 4 heteroatoms. The molecule has 3 nitrogen and oxygen atoms in total. The summed E-state index contributed by atoms with van der Waals surface area (Å²) >= 11 is 0. The summed E-state index contributed by atoms with van der Waals surface area (Å²) in [6.07, 6.45) is 0. The van der Waals surface area contributed by atoms with E-state index in [4.69, 9.17) is 9.47 Å². The standard InChI is InChI=1S/C11H18O3Si/c1-13-8-6-7-9(15(3,4)5)10(12)11(8)14-2/h6-7,12H,1-5H3. The number of phenols is 1. The normalized spacial score (nSPS) is 11.3. The van der Waals surface area contributed by atoms with Gasteiger partial charge < -0.3 is 14.6 Å². The second-order valence-electron chi connectivity index (χ2n) is 4.45. The van der Waals surface area contributed by atoms with Crippen LogP contribution in [0.2, 0.25) is 19.6 Å². The summed E-state index contributed by atoms with van der Waals surface area (Å²) in [6, 6.07) is 3.76. The van der Waals surface area contributed by atoms with Crippen LogP contribution in [-0.4, -0.2) is 27.4 Å². The summed E-state index contributed by atoms with van der Waals surface area (Å²) in [5, 5.41) is 11.1. The molecule has 15 heavy (non-hydrogen) atoms. The van der Waals surface area contributed by atoms with Crippen molar-refractivity contribution in [1.29, 1.82) is 0 Å². The van der Waals surface area contributed by atoms with Gasteiger partial charge in [-0.1, -0.05) is 25.7 Å². The van der Waals surface area contributed by atoms with Gasteiger partial charge in [-0.25, -0.2) is 0 Å². The van der Waals surface area contributed by atoms with Crippen molar-refractivity contribution >= 4 is 13.3 Å². The number of aromatic hydroxyl groups is 1. The van der Waals surface area contributed by atoms with Crippen molar-refractivity contribution in [2.75, 3.05) is 14.2 Å². The van der Waals surface area contributed by atoms with Crippen LogP contribution >= 0.6 is 0 Å². The maximum atomic E-state index is 10.1. The molecule has 0 fully saturated rings. The van der Waals surface area contributed by atoms with Gasteiger partial charge in [-0.05, 0) is 11.3 Å². The summed E-state index contributed by atoms with van der Waals surface area (Å²) in [4.78, 5) is 0. The van der Waals surface area contributed by atoms with Crippen molar-refractivity contribution in [3.8, 4) is 17.2 Å². The zero-order valence-electron chi connectivity index (χ0n) is 9.92. The summed E-state index contributed by atoms with van der Waals surface area (Å²) in [7, 11) is 1.55. The zero-order valence-corrected chi connectivity index (χ0v) is 10.9. The van der Waals surface area contributed by atoms with E-state index >= 15 is 0 Å². The molecule has 0 aliphatic rings. The first kappa shape index (κ1) is 11.9. The number of rotatable bonds is 3. The van der Waals surface area contributed by atoms with E-state index in [1.165, 1.54) is 7.11 Å². The summed E-state index contributed by atoms with van der Waals surface area (Å²) in [5.74, 6) is 1.21. The molecule has 84 valence electrons. The molecule has 0 bridgehead atoms. The first-order valence-electron chi connectivity index (χ1n) is 4.86. The Kier molecular flexibility index (Phi) is 3.29. The minimum Gasteiger partial charge on any atom is -0.504 e. The first-order chi connectivity index (χ1) is 6.91. The lowest BCUT2D eigenvalue weighted by molar-refractivity contribution is 0.334. The van der Waals surface area contributed by atoms with E-state index in [1.54, 1.807) is 7.11 Å². The molecule has 0 saturated heterocycles. The van der Waals surface area contributed by atoms with Crippen molar-refractivity contribution < 1.29 is 14.6 Å². The smallest absolute Gasteiger partial charge is 0.202 e. The molecule has 0 amide bonds. The van der Waals surface area contributed by atoms with Crippen LogP contribution in [0.1, 0.15) is 0 Å². The molecule has 0 aliphatic heterocycles. The van der Waals surface area contributed by atoms with E-state index < -0.39 is 8.07 Å². The maximum Gasteiger partial charge on any atom is 0.202 e. The monoisotopic (exact) mass is 226 g/mol. The van der Waals surface area contributed by atoms with Crippen molar-refractivity contribution in [2.45, 2.75) is 19.6 Å². The zero-order chi connectivity index (χ0) is 11.6. The highest BCUT2D eigenvalue weighted by Crippen LogP contribution is 2.35. The molecule has 0 radical (unpaired) electrons. The molecule has 1 N–H and O–H groups in total. The SMILES string of the molecule is COc1ccc([Si](C)(C)C)c(O)c1OC. The Morgan fingerprint density at radius 3 is 2.07 bits per heavy atom. The lowest BCUT2D eigenvalue weighted by atomic mass is 10.3. The van der Waals surface area contributed by atoms with Crippen molar-refractivity contribution in [1.82, 2.24) is 0 Å². The van der Waals surface area contributed by atoms with E-state index in [-0.39, 0.29) is 5.75 Å². The van der Waals surface area contributed by atoms with Gasteiger partial charge in [-0.15, -0.1) is 0 Å². The Morgan fingerprint density at radius 1 is 1.07 bits per heavy atom. The number of hydrogen-bond acceptors (Lipinski definition) is 3. The number of benzene rings is 1. The second-order valence-corrected chi connectivity index (χ2v) is 9.49. The van der Waals surface area contributed by atoms with Gasteiger partial charge in [0.15, 0.2) is 11.5 Å². The third kappa shape index (κ3) is 2.26. The summed E-state index contributed by atoms with van der Waals surface area (Å²) < 4.78 is 10.3. The molecule has 1 rings (SSSR count). The molecule has 0 heterocycles. The minimum absolute atomic E-state index is 0.219. The van der Waals surface area contributed by atoms with E-state index in [2.05, 4.69) is 19.6 Å². The lowest BCUT2D eigenvalue weighted by Crippen LogP contribution is -2.37. The number of methoxy groups -OCH3 is 2. The van der Waals surface area contributed by atoms with Gasteiger partial charge in [0, 0.05) is 0 Å². The van der Waals surface area contributed by atoms with E-state index in [0.29, 0.717) is 11.5 Å². The molecule has 0 spiro atoms. The van der Waals surface area contributed by atoms with Gasteiger partial charge in [0.1, 0.15) is 0 Å². The highest BCUT2D eigenvalue weighted by Gasteiger charge is 2.24. The molecular weight excluding hydrogens is 208 g/mol. The Labute approximate surface area is 91.7 Å². The summed E-state index contributed by atoms with van der Waals surface area (Å²) in [6.45, 7) is 6.52. The largest absolute Gasteiger partial charge is 0.504 e. The van der Waals surface area contributed by atoms with Crippen LogP contribution in [-0.2, 0) is 0 Å². The predicted octanol–water partition coefficient (Wildman–Crippen LogP) is 1.95. The van der Waals surface area contributed by atoms with E-state index in [1.807, 2.05) is 12.1 Å². The van der Waals surface area contributed by atoms with E-state index in [9.17, 15) is 5.11 Å². The Bertz CT molecular complexity index is 356. The van der Waals surface area contributed by atoms with Gasteiger partial charge >= 0.3 is 0 Å². The fourth-order valence-electron chi connectivity index (χ4n) is 1.52. The lowest BCUT2D eigenvalue weighted by Gasteiger charge is -2.20. The number of ether oxygens (including phenoxy) is 2. The van der Waals surface area contributed by atoms with Crippen LogP contribution < -0.4 is 14.7 Å². The average molecular weight is 226 g/mol. The molecule has 1 aromatic rings. The Morgan fingerprint density at radius 2 is 1.67 bits per heavy atom. The minimum atomic E-state index is -1.55. The molecule has 0 aromatic heterocycles. The van der Waals surface area contributed by atoms with Crippen LogP contribution in [0.5, 0.6) is 17.2 Å². The molecule has 0 unspecified atom stereocenters. The fourth-order valence-corrected chi connectivity index (χ4v) is 2.92. The molecular formula is C11H18O3Si. The van der Waals surface area contributed by atoms with Gasteiger partial charge in [0.2, 0.25) is 5.75 Å². The van der Waals surface area contributed by atoms with Crippen LogP contribution in [0.3, 0.4) is 0 Å². The third-order valence-electron chi connectivity index (χ3n) is 2.33.